The first-order valence-electron chi connectivity index (χ1n) is 10.9. The number of para-hydroxylation sites is 2. The van der Waals surface area contributed by atoms with E-state index in [4.69, 9.17) is 15.0 Å². The minimum atomic E-state index is 0. The summed E-state index contributed by atoms with van der Waals surface area (Å²) >= 11 is 0. The Labute approximate surface area is 211 Å². The number of rotatable bonds is 4. The molecule has 176 valence electrons. The van der Waals surface area contributed by atoms with Gasteiger partial charge in [0.1, 0.15) is 0 Å². The van der Waals surface area contributed by atoms with Crippen molar-refractivity contribution in [2.75, 3.05) is 0 Å². The van der Waals surface area contributed by atoms with Crippen molar-refractivity contribution in [2.45, 2.75) is 66.2 Å². The average Bonchev–Trinajstić information content (AvgIpc) is 3.18. The third kappa shape index (κ3) is 7.03. The standard InChI is InChI=1S/C28H34N3.CH3.Fe/c1-19(29-25-15-11-9-13-21(25)27(3,4)5)23-17-18-24(31-23)20(2)30-26-16-12-10-14-22(26)28(6,7)8;;/h9-18H,1-8H3;1H3;/q2*-1;+2. The normalized spacial score (nSPS) is 12.7. The van der Waals surface area contributed by atoms with Gasteiger partial charge >= 0.3 is 17.1 Å². The molecule has 3 aromatic rings. The van der Waals surface area contributed by atoms with Crippen molar-refractivity contribution < 1.29 is 17.1 Å². The minimum Gasteiger partial charge on any atom is -0.655 e. The van der Waals surface area contributed by atoms with Crippen LogP contribution in [0.3, 0.4) is 0 Å². The van der Waals surface area contributed by atoms with Gasteiger partial charge in [0, 0.05) is 11.4 Å². The number of benzene rings is 2. The second-order valence-electron chi connectivity index (χ2n) is 10.1. The van der Waals surface area contributed by atoms with E-state index >= 15 is 0 Å². The first-order chi connectivity index (χ1) is 14.5. The molecule has 0 saturated heterocycles. The van der Waals surface area contributed by atoms with E-state index in [1.165, 1.54) is 11.1 Å². The van der Waals surface area contributed by atoms with E-state index in [1.54, 1.807) is 0 Å². The monoisotopic (exact) mass is 483 g/mol. The molecule has 0 amide bonds. The van der Waals surface area contributed by atoms with Crippen molar-refractivity contribution in [2.24, 2.45) is 9.98 Å². The van der Waals surface area contributed by atoms with Crippen molar-refractivity contribution in [1.29, 1.82) is 0 Å². The largest absolute Gasteiger partial charge is 2.00 e. The predicted octanol–water partition coefficient (Wildman–Crippen LogP) is 7.97. The molecular weight excluding hydrogens is 446 g/mol. The van der Waals surface area contributed by atoms with Crippen LogP contribution >= 0.6 is 0 Å². The number of nitrogens with zero attached hydrogens (tertiary/aromatic N) is 3. The Balaban J connectivity index is 0.00000272. The molecule has 0 radical (unpaired) electrons. The van der Waals surface area contributed by atoms with E-state index in [-0.39, 0.29) is 35.3 Å². The Kier molecular flexibility index (Phi) is 9.65. The van der Waals surface area contributed by atoms with E-state index in [9.17, 15) is 0 Å². The zero-order chi connectivity index (χ0) is 22.8. The molecule has 0 N–H and O–H groups in total. The van der Waals surface area contributed by atoms with Gasteiger partial charge in [0.15, 0.2) is 0 Å². The number of aromatic nitrogens is 1. The SMILES string of the molecule is CC(=Nc1ccccc1C(C)(C)C)c1ccc(C(C)=Nc2ccccc2C(C)(C)C)[n-]1.[CH3-].[Fe+2]. The summed E-state index contributed by atoms with van der Waals surface area (Å²) in [4.78, 5) is 14.7. The van der Waals surface area contributed by atoms with Crippen molar-refractivity contribution in [3.05, 3.63) is 90.6 Å². The van der Waals surface area contributed by atoms with Crippen molar-refractivity contribution >= 4 is 22.8 Å². The third-order valence-corrected chi connectivity index (χ3v) is 5.38. The molecule has 3 nitrogen and oxygen atoms in total. The summed E-state index contributed by atoms with van der Waals surface area (Å²) < 4.78 is 0. The fourth-order valence-corrected chi connectivity index (χ4v) is 3.65. The molecule has 1 heterocycles. The molecule has 0 spiro atoms. The zero-order valence-electron chi connectivity index (χ0n) is 21.5. The second kappa shape index (κ2) is 11.1. The summed E-state index contributed by atoms with van der Waals surface area (Å²) in [7, 11) is 0. The van der Waals surface area contributed by atoms with Crippen molar-refractivity contribution in [3.8, 4) is 0 Å². The maximum Gasteiger partial charge on any atom is 2.00 e. The van der Waals surface area contributed by atoms with E-state index < -0.39 is 0 Å². The summed E-state index contributed by atoms with van der Waals surface area (Å²) in [6.45, 7) is 17.3. The van der Waals surface area contributed by atoms with Gasteiger partial charge in [0.25, 0.3) is 0 Å². The zero-order valence-corrected chi connectivity index (χ0v) is 22.6. The van der Waals surface area contributed by atoms with Crippen LogP contribution in [0.4, 0.5) is 11.4 Å². The quantitative estimate of drug-likeness (QED) is 0.211. The van der Waals surface area contributed by atoms with Gasteiger partial charge in [0.2, 0.25) is 0 Å². The number of aliphatic imine (C=N–C) groups is 2. The molecular formula is C29H37FeN3. The fourth-order valence-electron chi connectivity index (χ4n) is 3.65. The average molecular weight is 483 g/mol. The van der Waals surface area contributed by atoms with Gasteiger partial charge in [-0.05, 0) is 47.9 Å². The predicted molar refractivity (Wildman–Crippen MR) is 140 cm³/mol. The first kappa shape index (κ1) is 28.6. The summed E-state index contributed by atoms with van der Waals surface area (Å²) in [5.74, 6) is 0. The van der Waals surface area contributed by atoms with Crippen molar-refractivity contribution in [1.82, 2.24) is 4.98 Å². The molecule has 0 fully saturated rings. The van der Waals surface area contributed by atoms with Crippen LogP contribution in [0.15, 0.2) is 70.6 Å². The Bertz CT molecular complexity index is 1030. The van der Waals surface area contributed by atoms with Crippen LogP contribution in [-0.4, -0.2) is 11.4 Å². The Hall–Kier alpha value is -2.42. The molecule has 2 aromatic carbocycles. The molecule has 0 aliphatic heterocycles. The molecule has 3 rings (SSSR count). The van der Waals surface area contributed by atoms with Crippen molar-refractivity contribution in [3.63, 3.8) is 0 Å². The Morgan fingerprint density at radius 2 is 0.939 bits per heavy atom. The Morgan fingerprint density at radius 3 is 1.27 bits per heavy atom. The maximum absolute atomic E-state index is 4.91. The van der Waals surface area contributed by atoms with Gasteiger partial charge < -0.3 is 12.4 Å². The van der Waals surface area contributed by atoms with Crippen LogP contribution in [0.2, 0.25) is 0 Å². The molecule has 4 heteroatoms. The minimum absolute atomic E-state index is 0. The van der Waals surface area contributed by atoms with Crippen LogP contribution in [-0.2, 0) is 27.9 Å². The van der Waals surface area contributed by atoms with Crippen LogP contribution in [0.1, 0.15) is 77.9 Å². The van der Waals surface area contributed by atoms with E-state index in [0.29, 0.717) is 0 Å². The van der Waals surface area contributed by atoms with Crippen LogP contribution in [0.5, 0.6) is 0 Å². The van der Waals surface area contributed by atoms with Gasteiger partial charge in [-0.3, -0.25) is 9.98 Å². The second-order valence-corrected chi connectivity index (χ2v) is 10.1. The molecule has 0 unspecified atom stereocenters. The summed E-state index contributed by atoms with van der Waals surface area (Å²) in [6.07, 6.45) is 0. The summed E-state index contributed by atoms with van der Waals surface area (Å²) in [5.41, 5.74) is 8.13. The number of hydrogen-bond acceptors (Lipinski definition) is 2. The molecule has 0 saturated carbocycles. The van der Waals surface area contributed by atoms with Crippen LogP contribution < -0.4 is 4.98 Å². The van der Waals surface area contributed by atoms with Gasteiger partial charge in [-0.2, -0.15) is 0 Å². The number of hydrogen-bond donors (Lipinski definition) is 0. The van der Waals surface area contributed by atoms with E-state index in [2.05, 4.69) is 77.9 Å². The molecule has 0 aliphatic rings. The first-order valence-corrected chi connectivity index (χ1v) is 10.9. The third-order valence-electron chi connectivity index (χ3n) is 5.38. The van der Waals surface area contributed by atoms with Crippen LogP contribution in [0, 0.1) is 7.43 Å². The summed E-state index contributed by atoms with van der Waals surface area (Å²) in [5, 5.41) is 0. The van der Waals surface area contributed by atoms with Gasteiger partial charge in [-0.25, -0.2) is 0 Å². The van der Waals surface area contributed by atoms with E-state index in [0.717, 1.165) is 34.2 Å². The van der Waals surface area contributed by atoms with Gasteiger partial charge in [-0.1, -0.05) is 90.1 Å². The Morgan fingerprint density at radius 1 is 0.606 bits per heavy atom. The molecule has 1 aromatic heterocycles. The maximum atomic E-state index is 4.91. The molecule has 33 heavy (non-hydrogen) atoms. The molecule has 0 atom stereocenters. The topological polar surface area (TPSA) is 38.8 Å². The van der Waals surface area contributed by atoms with Gasteiger partial charge in [0.05, 0.1) is 11.4 Å². The molecule has 0 bridgehead atoms. The van der Waals surface area contributed by atoms with Crippen LogP contribution in [0.25, 0.3) is 0 Å². The fraction of sp³-hybridized carbons (Fsp3) is 0.345. The smallest absolute Gasteiger partial charge is 0.655 e. The van der Waals surface area contributed by atoms with E-state index in [1.807, 2.05) is 38.1 Å². The molecule has 0 aliphatic carbocycles. The summed E-state index contributed by atoms with van der Waals surface area (Å²) in [6, 6.07) is 20.7. The van der Waals surface area contributed by atoms with Gasteiger partial charge in [-0.15, -0.1) is 11.4 Å².